The predicted molar refractivity (Wildman–Crippen MR) is 528 cm³/mol. The fraction of sp³-hybridized carbons (Fsp3) is 0.569. The first-order valence-electron chi connectivity index (χ1n) is 43.6. The Labute approximate surface area is 852 Å². The second-order valence-corrected chi connectivity index (χ2v) is 54.1. The number of anilines is 4. The van der Waals surface area contributed by atoms with E-state index in [0.717, 1.165) is 37.9 Å². The molecule has 11 N–H and O–H groups in total. The zero-order valence-electron chi connectivity index (χ0n) is 76.3. The lowest BCUT2D eigenvalue weighted by atomic mass is 10.1. The quantitative estimate of drug-likeness (QED) is 0.0134. The van der Waals surface area contributed by atoms with Gasteiger partial charge in [-0.1, -0.05) is 92.7 Å². The number of nitrogen functional groups attached to an aromatic ring is 4. The highest BCUT2D eigenvalue weighted by atomic mass is 32.7. The summed E-state index contributed by atoms with van der Waals surface area (Å²) in [6.45, 7) is -29.8. The molecule has 14 unspecified atom stereocenters. The molecule has 17 heterocycles. The van der Waals surface area contributed by atoms with Gasteiger partial charge >= 0.3 is 70.3 Å². The molecule has 0 aliphatic carbocycles. The maximum Gasteiger partial charge on any atom is 0.386 e. The number of thiol groups is 7. The summed E-state index contributed by atoms with van der Waals surface area (Å²) in [5.41, 5.74) is 20.1. The fourth-order valence-electron chi connectivity index (χ4n) is 17.0. The Balaban J connectivity index is 0.579. The molecule has 7 aliphatic heterocycles. The van der Waals surface area contributed by atoms with Crippen LogP contribution in [0, 0.1) is 27.7 Å². The molecular formula is C72H95N24O35P7S7. The number of fused-ring (bicyclic) bond motifs is 3. The zero-order chi connectivity index (χ0) is 104. The van der Waals surface area contributed by atoms with E-state index in [1.807, 2.05) is 6.92 Å². The van der Waals surface area contributed by atoms with Crippen LogP contribution in [-0.4, -0.2) is 229 Å². The molecule has 0 amide bonds. The number of rotatable bonds is 41. The van der Waals surface area contributed by atoms with Crippen molar-refractivity contribution in [3.63, 3.8) is 0 Å². The van der Waals surface area contributed by atoms with Gasteiger partial charge in [0.1, 0.15) is 158 Å². The summed E-state index contributed by atoms with van der Waals surface area (Å²) < 4.78 is 238. The number of nitrogens with one attached hydrogen (secondary N) is 3. The summed E-state index contributed by atoms with van der Waals surface area (Å²) in [6, 6.07) is 0. The van der Waals surface area contributed by atoms with Crippen LogP contribution in [0.2, 0.25) is 0 Å². The van der Waals surface area contributed by atoms with E-state index < -0.39 is 269 Å². The molecule has 790 valence electrons. The van der Waals surface area contributed by atoms with Gasteiger partial charge in [-0.15, -0.1) is 0 Å². The molecule has 10 aromatic rings. The average molecular weight is 2300 g/mol. The number of H-pyrrole nitrogens is 3. The third-order valence-electron chi connectivity index (χ3n) is 24.1. The normalized spacial score (nSPS) is 29.6. The lowest BCUT2D eigenvalue weighted by Gasteiger charge is -2.27. The molecule has 0 spiro atoms. The number of nitrogens with two attached hydrogens (primary N) is 4. The summed E-state index contributed by atoms with van der Waals surface area (Å²) in [5.74, 6) is 0.0710. The van der Waals surface area contributed by atoms with E-state index in [1.54, 1.807) is 11.5 Å². The maximum atomic E-state index is 15.1. The van der Waals surface area contributed by atoms with Gasteiger partial charge in [-0.2, -0.15) is 4.98 Å². The Kier molecular flexibility index (Phi) is 33.1. The molecule has 73 heteroatoms. The second-order valence-electron chi connectivity index (χ2n) is 33.9. The summed E-state index contributed by atoms with van der Waals surface area (Å²) in [5, 5.41) is 0. The van der Waals surface area contributed by atoms with Gasteiger partial charge in [0.2, 0.25) is 0 Å². The lowest BCUT2D eigenvalue weighted by Crippen LogP contribution is -2.33. The van der Waals surface area contributed by atoms with Crippen LogP contribution in [-0.2, 0) is 128 Å². The fourth-order valence-corrected chi connectivity index (χ4v) is 27.1. The van der Waals surface area contributed by atoms with Crippen molar-refractivity contribution in [3.05, 3.63) is 158 Å². The molecular weight excluding hydrogens is 2200 g/mol. The van der Waals surface area contributed by atoms with Crippen molar-refractivity contribution in [1.82, 2.24) is 96.8 Å². The zero-order valence-corrected chi connectivity index (χ0v) is 88.8. The lowest BCUT2D eigenvalue weighted by molar-refractivity contribution is -0.0536. The summed E-state index contributed by atoms with van der Waals surface area (Å²) >= 11 is 30.0. The van der Waals surface area contributed by atoms with Gasteiger partial charge in [0.25, 0.3) is 16.7 Å². The first kappa shape index (κ1) is 109. The van der Waals surface area contributed by atoms with Gasteiger partial charge in [-0.05, 0) is 34.1 Å². The average Bonchev–Trinajstić information content (AvgIpc) is 1.63. The molecule has 28 atom stereocenters. The van der Waals surface area contributed by atoms with Crippen LogP contribution in [0.5, 0.6) is 0 Å². The number of nitrogens with zero attached hydrogens (tertiary/aromatic N) is 17. The summed E-state index contributed by atoms with van der Waals surface area (Å²) in [4.78, 5) is 140. The minimum Gasteiger partial charge on any atom is -0.383 e. The van der Waals surface area contributed by atoms with Gasteiger partial charge in [0.15, 0.2) is 34.4 Å². The highest BCUT2D eigenvalue weighted by Crippen LogP contribution is 2.65. The van der Waals surface area contributed by atoms with E-state index in [4.69, 9.17) is 119 Å². The van der Waals surface area contributed by atoms with E-state index in [9.17, 15) is 56.4 Å². The van der Waals surface area contributed by atoms with Crippen molar-refractivity contribution in [1.29, 1.82) is 0 Å². The molecule has 10 aromatic heterocycles. The molecule has 0 aromatic carbocycles. The number of aromatic nitrogens is 20. The second kappa shape index (κ2) is 44.0. The number of hydrogen-bond donors (Lipinski definition) is 14. The largest absolute Gasteiger partial charge is 0.386 e. The Morgan fingerprint density at radius 2 is 0.552 bits per heavy atom. The van der Waals surface area contributed by atoms with Crippen LogP contribution < -0.4 is 62.4 Å². The van der Waals surface area contributed by atoms with Crippen molar-refractivity contribution in [2.24, 2.45) is 0 Å². The molecule has 59 nitrogen and oxygen atoms in total. The summed E-state index contributed by atoms with van der Waals surface area (Å²) in [6.07, 6.45) is -16.1. The van der Waals surface area contributed by atoms with Gasteiger partial charge in [-0.3, -0.25) is 120 Å². The molecule has 7 saturated heterocycles. The first-order chi connectivity index (χ1) is 68.4. The van der Waals surface area contributed by atoms with Crippen LogP contribution in [0.4, 0.5) is 23.3 Å². The van der Waals surface area contributed by atoms with Crippen molar-refractivity contribution in [2.75, 3.05) is 69.7 Å². The Hall–Kier alpha value is -7.01. The van der Waals surface area contributed by atoms with Crippen molar-refractivity contribution < 1.29 is 128 Å². The van der Waals surface area contributed by atoms with Crippen LogP contribution >= 0.6 is 133 Å². The van der Waals surface area contributed by atoms with E-state index in [0.29, 0.717) is 23.1 Å². The van der Waals surface area contributed by atoms with Gasteiger partial charge < -0.3 is 60.6 Å². The predicted octanol–water partition coefficient (Wildman–Crippen LogP) is 7.11. The topological polar surface area (TPSA) is 748 Å². The third kappa shape index (κ3) is 25.3. The van der Waals surface area contributed by atoms with Gasteiger partial charge in [0.05, 0.1) is 70.8 Å². The van der Waals surface area contributed by atoms with Gasteiger partial charge in [-0.25, -0.2) is 96.0 Å². The van der Waals surface area contributed by atoms with Crippen molar-refractivity contribution >= 4 is 190 Å². The minimum absolute atomic E-state index is 0.0218. The van der Waals surface area contributed by atoms with Crippen LogP contribution in [0.25, 0.3) is 33.5 Å². The van der Waals surface area contributed by atoms with Crippen molar-refractivity contribution in [2.45, 2.75) is 215 Å². The van der Waals surface area contributed by atoms with Crippen LogP contribution in [0.3, 0.4) is 0 Å². The molecule has 0 radical (unpaired) electrons. The van der Waals surface area contributed by atoms with Crippen LogP contribution in [0.1, 0.15) is 124 Å². The van der Waals surface area contributed by atoms with Gasteiger partial charge in [0, 0.05) is 99.1 Å². The standard InChI is InChI=1S/C72H95N24O35P7S7/c1-7-35-36(8-53(118-35)94-28-83-56-60(74)77-25-80-63(56)94)126-133(105,140)112-23-47-41(13-54(123-47)95-29-84-57-61(75)78-26-81-64(57)95)130-137(109,144)115-22-46-39(11-51(122-46)92-17-33(4)67(98)88-71(92)102)128-135(107,142)114-20-44-40(12-52(120-44)93-18-34(5)68(99)89-72(93)103)129-136(108,143)117-24-48-42(14-55(124-48)96-30-85-58-62(76)79-27-82-65(58)96)131-138(110,145)116-21-45-38(10-50(121-45)91-16-32(3)66(97)87-70(91)101)127-134(106,141)113-19-43-37(125-132(104,139)111-6)9-49(119-43)90-15-31(2)59(73)86-69(90)100/h15-18,25-30,35-55H,7-14,19-24H2,1-6H3,(H,104,139)(H,105,140)(H,106,141)(H,107,142)(H,108,143)(H,109,144)(H,110,145)(H2,73,86,100)(H2,74,77,80)(H2,75,78,81)(H2,76,79,82)(H,87,97,101)(H,88,98,102)(H,89,99,103)/t35-,36?,37?,38?,39?,40?,41?,42?,43-,44-,45-,46-,47-,48-,49-,50-,51-,52-,53-,54-,55-,132?,133?,134?,135?,136?,137?,138?/m1/s1. The van der Waals surface area contributed by atoms with E-state index in [1.165, 1.54) is 80.1 Å². The highest BCUT2D eigenvalue weighted by Gasteiger charge is 2.53. The SMILES string of the molecule is CC[C@H]1O[C@@H](n2cnc3c(N)ncnc32)CC1OP(=O)(S)OC[C@H]1O[C@@H](n2cnc3c(N)ncnc32)CC1OP(=O)(S)OC[C@H]1O[C@@H](n2cc(C)c(=O)[nH]c2=O)CC1OP(=O)(S)OC[C@H]1O[C@@H](n2cc(C)c(=O)[nH]c2=O)CC1OP(=O)(S)OC[C@H]1O[C@@H](n2cnc3c(N)ncnc32)CC1OP(=O)(S)OC[C@H]1O[C@@H](n2cc(C)c(=O)[nH]c2=O)CC1OP(=O)(S)OC[C@H]1O[C@@H](n2cc(C)c(N)nc2=O)CC1OP(=O)(S)OC. The third-order valence-corrected chi connectivity index (χ3v) is 35.8. The van der Waals surface area contributed by atoms with E-state index in [-0.39, 0.29) is 94.4 Å². The molecule has 0 saturated carbocycles. The minimum atomic E-state index is -4.92. The molecule has 0 bridgehead atoms. The highest BCUT2D eigenvalue weighted by molar-refractivity contribution is 8.46. The number of hydrogen-bond acceptors (Lipinski definition) is 49. The van der Waals surface area contributed by atoms with E-state index >= 15 is 9.13 Å². The molecule has 7 aliphatic rings. The van der Waals surface area contributed by atoms with E-state index in [2.05, 4.69) is 151 Å². The Morgan fingerprint density at radius 3 is 0.807 bits per heavy atom. The number of aryl methyl sites for hydroxylation is 4. The Morgan fingerprint density at radius 1 is 0.324 bits per heavy atom. The first-order valence-corrected chi connectivity index (χ1v) is 62.5. The smallest absolute Gasteiger partial charge is 0.383 e. The Bertz CT molecular complexity index is 7400. The van der Waals surface area contributed by atoms with Crippen LogP contribution in [0.15, 0.2) is 96.3 Å². The monoisotopic (exact) mass is 2300 g/mol. The summed E-state index contributed by atoms with van der Waals surface area (Å²) in [7, 11) is 1.07. The number of ether oxygens (including phenoxy) is 7. The molecule has 17 rings (SSSR count). The maximum absolute atomic E-state index is 15.1. The van der Waals surface area contributed by atoms with Crippen molar-refractivity contribution in [3.8, 4) is 0 Å². The number of imidazole rings is 3. The molecule has 145 heavy (non-hydrogen) atoms. The number of aromatic amines is 3. The molecule has 7 fully saturated rings.